The van der Waals surface area contributed by atoms with Gasteiger partial charge in [0.25, 0.3) is 0 Å². The number of benzene rings is 2. The van der Waals surface area contributed by atoms with Crippen LogP contribution in [0.4, 0.5) is 37.7 Å². The summed E-state index contributed by atoms with van der Waals surface area (Å²) in [5.41, 5.74) is 5.47. The summed E-state index contributed by atoms with van der Waals surface area (Å²) in [6, 6.07) is 9.05. The molecule has 2 aromatic rings. The number of carbonyl (C=O) groups excluding carboxylic acids is 2. The van der Waals surface area contributed by atoms with E-state index in [2.05, 4.69) is 16.0 Å². The highest BCUT2D eigenvalue weighted by atomic mass is 19.4. The topological polar surface area (TPSA) is 178 Å². The SMILES string of the molecule is CC(NC(=O)CC(=O)Nc1ccc(C(=N)N)cc1)c1ccc(NCCCO)c(C(F)(F)F)c1.O=C(O)C(F)(F)F. The summed E-state index contributed by atoms with van der Waals surface area (Å²) in [5, 5.41) is 31.0. The van der Waals surface area contributed by atoms with Crippen molar-refractivity contribution in [3.63, 3.8) is 0 Å². The van der Waals surface area contributed by atoms with Crippen LogP contribution >= 0.6 is 0 Å². The van der Waals surface area contributed by atoms with Gasteiger partial charge in [0.2, 0.25) is 11.8 Å². The molecule has 10 nitrogen and oxygen atoms in total. The Hall–Kier alpha value is -4.34. The quantitative estimate of drug-likeness (QED) is 0.0739. The number of carboxylic acid groups (broad SMARTS) is 1. The van der Waals surface area contributed by atoms with Crippen molar-refractivity contribution >= 4 is 35.0 Å². The minimum Gasteiger partial charge on any atom is -0.475 e. The van der Waals surface area contributed by atoms with Gasteiger partial charge in [0.15, 0.2) is 0 Å². The molecule has 1 atom stereocenters. The summed E-state index contributed by atoms with van der Waals surface area (Å²) >= 11 is 0. The van der Waals surface area contributed by atoms with E-state index in [1.54, 1.807) is 12.1 Å². The average Bonchev–Trinajstić information content (AvgIpc) is 2.83. The van der Waals surface area contributed by atoms with Gasteiger partial charge < -0.3 is 31.9 Å². The normalized spacial score (nSPS) is 11.9. The number of hydrogen-bond donors (Lipinski definition) is 7. The molecular formula is C24H27F6N5O5. The molecule has 220 valence electrons. The summed E-state index contributed by atoms with van der Waals surface area (Å²) in [7, 11) is 0. The first-order valence-corrected chi connectivity index (χ1v) is 11.3. The highest BCUT2D eigenvalue weighted by molar-refractivity contribution is 6.04. The molecule has 0 aliphatic carbocycles. The Bertz CT molecular complexity index is 1190. The molecule has 0 spiro atoms. The lowest BCUT2D eigenvalue weighted by molar-refractivity contribution is -0.192. The number of hydrogen-bond acceptors (Lipinski definition) is 6. The van der Waals surface area contributed by atoms with Gasteiger partial charge in [-0.1, -0.05) is 6.07 Å². The summed E-state index contributed by atoms with van der Waals surface area (Å²) in [6.45, 7) is 1.55. The number of nitrogens with one attached hydrogen (secondary N) is 4. The minimum absolute atomic E-state index is 0.117. The number of amides is 2. The Labute approximate surface area is 224 Å². The molecular weight excluding hydrogens is 552 g/mol. The van der Waals surface area contributed by atoms with Crippen LogP contribution in [0.3, 0.4) is 0 Å². The first kappa shape index (κ1) is 33.7. The highest BCUT2D eigenvalue weighted by Gasteiger charge is 2.38. The van der Waals surface area contributed by atoms with Crippen LogP contribution in [0.15, 0.2) is 42.5 Å². The van der Waals surface area contributed by atoms with Crippen molar-refractivity contribution in [1.29, 1.82) is 5.41 Å². The Morgan fingerprint density at radius 2 is 1.57 bits per heavy atom. The fourth-order valence-corrected chi connectivity index (χ4v) is 2.98. The van der Waals surface area contributed by atoms with Gasteiger partial charge in [-0.25, -0.2) is 4.79 Å². The maximum Gasteiger partial charge on any atom is 0.490 e. The Balaban J connectivity index is 0.00000101. The minimum atomic E-state index is -5.08. The van der Waals surface area contributed by atoms with Gasteiger partial charge in [0.1, 0.15) is 12.3 Å². The molecule has 2 amide bonds. The molecule has 0 saturated carbocycles. The molecule has 8 N–H and O–H groups in total. The molecule has 0 aliphatic heterocycles. The number of nitrogens with two attached hydrogens (primary N) is 1. The van der Waals surface area contributed by atoms with Gasteiger partial charge in [0.05, 0.1) is 11.6 Å². The number of aliphatic carboxylic acids is 1. The monoisotopic (exact) mass is 579 g/mol. The highest BCUT2D eigenvalue weighted by Crippen LogP contribution is 2.36. The fourth-order valence-electron chi connectivity index (χ4n) is 2.98. The van der Waals surface area contributed by atoms with Gasteiger partial charge in [-0.2, -0.15) is 26.3 Å². The molecule has 0 fully saturated rings. The number of anilines is 2. The summed E-state index contributed by atoms with van der Waals surface area (Å²) < 4.78 is 72.1. The molecule has 2 aromatic carbocycles. The molecule has 0 aliphatic rings. The molecule has 0 bridgehead atoms. The van der Waals surface area contributed by atoms with Crippen molar-refractivity contribution < 1.29 is 50.9 Å². The smallest absolute Gasteiger partial charge is 0.475 e. The van der Waals surface area contributed by atoms with Crippen molar-refractivity contribution in [3.05, 3.63) is 59.2 Å². The van der Waals surface area contributed by atoms with Crippen LogP contribution in [0.1, 0.15) is 42.5 Å². The lowest BCUT2D eigenvalue weighted by Crippen LogP contribution is -2.30. The number of rotatable bonds is 10. The first-order valence-electron chi connectivity index (χ1n) is 11.3. The third-order valence-corrected chi connectivity index (χ3v) is 4.92. The van der Waals surface area contributed by atoms with E-state index in [9.17, 15) is 35.9 Å². The number of amidine groups is 1. The number of alkyl halides is 6. The zero-order valence-electron chi connectivity index (χ0n) is 20.9. The summed E-state index contributed by atoms with van der Waals surface area (Å²) in [5.74, 6) is -4.13. The molecule has 0 aromatic heterocycles. The lowest BCUT2D eigenvalue weighted by Gasteiger charge is -2.19. The van der Waals surface area contributed by atoms with Crippen LogP contribution in [-0.4, -0.2) is 53.2 Å². The molecule has 2 rings (SSSR count). The maximum absolute atomic E-state index is 13.5. The number of nitrogen functional groups attached to an aromatic ring is 1. The van der Waals surface area contributed by atoms with Gasteiger partial charge in [0, 0.05) is 30.1 Å². The lowest BCUT2D eigenvalue weighted by atomic mass is 10.0. The van der Waals surface area contributed by atoms with Gasteiger partial charge >= 0.3 is 18.3 Å². The summed E-state index contributed by atoms with van der Waals surface area (Å²) in [4.78, 5) is 33.2. The summed E-state index contributed by atoms with van der Waals surface area (Å²) in [6.07, 6.45) is -9.92. The predicted molar refractivity (Wildman–Crippen MR) is 133 cm³/mol. The van der Waals surface area contributed by atoms with Crippen LogP contribution in [0, 0.1) is 5.41 Å². The third-order valence-electron chi connectivity index (χ3n) is 4.92. The number of aliphatic hydroxyl groups is 1. The maximum atomic E-state index is 13.5. The second-order valence-electron chi connectivity index (χ2n) is 8.11. The van der Waals surface area contributed by atoms with Gasteiger partial charge in [-0.15, -0.1) is 0 Å². The Morgan fingerprint density at radius 3 is 2.05 bits per heavy atom. The first-order chi connectivity index (χ1) is 18.4. The zero-order valence-corrected chi connectivity index (χ0v) is 20.9. The van der Waals surface area contributed by atoms with E-state index in [0.29, 0.717) is 17.7 Å². The molecule has 1 unspecified atom stereocenters. The van der Waals surface area contributed by atoms with E-state index in [1.165, 1.54) is 31.2 Å². The van der Waals surface area contributed by atoms with E-state index in [1.807, 2.05) is 0 Å². The van der Waals surface area contributed by atoms with Crippen LogP contribution in [-0.2, 0) is 20.6 Å². The largest absolute Gasteiger partial charge is 0.490 e. The second kappa shape index (κ2) is 14.7. The standard InChI is InChI=1S/C22H26F3N5O3.C2HF3O2/c1-13(15-5-8-18(28-9-2-10-31)17(11-15)22(23,24)25)29-19(32)12-20(33)30-16-6-3-14(4-7-16)21(26)27;3-2(4,5)1(6)7/h3-8,11,13,28,31H,2,9-10,12H2,1H3,(H3,26,27)(H,29,32)(H,30,33);(H,6,7). The van der Waals surface area contributed by atoms with E-state index in [-0.39, 0.29) is 30.2 Å². The predicted octanol–water partition coefficient (Wildman–Crippen LogP) is 3.62. The van der Waals surface area contributed by atoms with Crippen LogP contribution in [0.5, 0.6) is 0 Å². The van der Waals surface area contributed by atoms with Crippen LogP contribution < -0.4 is 21.7 Å². The van der Waals surface area contributed by atoms with Crippen molar-refractivity contribution in [2.45, 2.75) is 38.2 Å². The molecule has 0 heterocycles. The van der Waals surface area contributed by atoms with Crippen molar-refractivity contribution in [2.75, 3.05) is 23.8 Å². The molecule has 40 heavy (non-hydrogen) atoms. The van der Waals surface area contributed by atoms with Gasteiger partial charge in [-0.3, -0.25) is 15.0 Å². The third kappa shape index (κ3) is 11.6. The number of halogens is 6. The Kier molecular flexibility index (Phi) is 12.4. The number of carboxylic acids is 1. The van der Waals surface area contributed by atoms with Crippen molar-refractivity contribution in [1.82, 2.24) is 5.32 Å². The van der Waals surface area contributed by atoms with E-state index < -0.39 is 48.2 Å². The van der Waals surface area contributed by atoms with Gasteiger partial charge in [-0.05, 0) is 55.3 Å². The second-order valence-corrected chi connectivity index (χ2v) is 8.11. The molecule has 0 radical (unpaired) electrons. The zero-order chi connectivity index (χ0) is 30.7. The number of aliphatic hydroxyl groups excluding tert-OH is 1. The van der Waals surface area contributed by atoms with Crippen LogP contribution in [0.25, 0.3) is 0 Å². The van der Waals surface area contributed by atoms with E-state index in [4.69, 9.17) is 26.2 Å². The fraction of sp³-hybridized carbons (Fsp3) is 0.333. The molecule has 0 saturated heterocycles. The van der Waals surface area contributed by atoms with Crippen LogP contribution in [0.2, 0.25) is 0 Å². The average molecular weight is 579 g/mol. The number of carbonyl (C=O) groups is 3. The molecule has 16 heteroatoms. The Morgan fingerprint density at radius 1 is 1.00 bits per heavy atom. The van der Waals surface area contributed by atoms with Crippen molar-refractivity contribution in [2.24, 2.45) is 5.73 Å². The van der Waals surface area contributed by atoms with E-state index in [0.717, 1.165) is 6.07 Å². The van der Waals surface area contributed by atoms with Crippen molar-refractivity contribution in [3.8, 4) is 0 Å². The van der Waals surface area contributed by atoms with E-state index >= 15 is 0 Å².